The van der Waals surface area contributed by atoms with E-state index in [-0.39, 0.29) is 23.4 Å². The van der Waals surface area contributed by atoms with Gasteiger partial charge in [-0.15, -0.1) is 0 Å². The average molecular weight is 306 g/mol. The Kier molecular flexibility index (Phi) is 5.19. The zero-order chi connectivity index (χ0) is 16.1. The summed E-state index contributed by atoms with van der Waals surface area (Å²) in [6, 6.07) is 1.50. The van der Waals surface area contributed by atoms with Gasteiger partial charge in [0.2, 0.25) is 11.8 Å². The number of aromatic amines is 1. The molecule has 0 saturated carbocycles. The average Bonchev–Trinajstić information content (AvgIpc) is 2.96. The van der Waals surface area contributed by atoms with Gasteiger partial charge in [-0.25, -0.2) is 0 Å². The minimum absolute atomic E-state index is 0.109. The van der Waals surface area contributed by atoms with Crippen LogP contribution < -0.4 is 11.1 Å². The number of hydrogen-bond donors (Lipinski definition) is 3. The van der Waals surface area contributed by atoms with Gasteiger partial charge in [-0.2, -0.15) is 0 Å². The number of H-pyrrole nitrogens is 1. The van der Waals surface area contributed by atoms with Crippen molar-refractivity contribution in [1.29, 1.82) is 0 Å². The lowest BCUT2D eigenvalue weighted by Crippen LogP contribution is -2.43. The second-order valence-electron chi connectivity index (χ2n) is 5.58. The monoisotopic (exact) mass is 306 g/mol. The van der Waals surface area contributed by atoms with E-state index in [0.29, 0.717) is 18.7 Å². The molecular weight excluding hydrogens is 284 g/mol. The van der Waals surface area contributed by atoms with Gasteiger partial charge in [0, 0.05) is 25.7 Å². The number of nitrogens with zero attached hydrogens (tertiary/aromatic N) is 1. The molecule has 0 radical (unpaired) electrons. The van der Waals surface area contributed by atoms with E-state index in [0.717, 1.165) is 25.8 Å². The fraction of sp³-hybridized carbons (Fsp3) is 0.533. The largest absolute Gasteiger partial charge is 0.364 e. The van der Waals surface area contributed by atoms with E-state index in [4.69, 9.17) is 5.73 Å². The predicted molar refractivity (Wildman–Crippen MR) is 82.2 cm³/mol. The van der Waals surface area contributed by atoms with E-state index in [9.17, 15) is 14.4 Å². The third-order valence-electron chi connectivity index (χ3n) is 3.82. The lowest BCUT2D eigenvalue weighted by molar-refractivity contribution is -0.134. The summed E-state index contributed by atoms with van der Waals surface area (Å²) >= 11 is 0. The third kappa shape index (κ3) is 3.87. The van der Waals surface area contributed by atoms with Crippen LogP contribution in [-0.4, -0.2) is 40.7 Å². The van der Waals surface area contributed by atoms with Crippen molar-refractivity contribution in [3.05, 3.63) is 18.0 Å². The Morgan fingerprint density at radius 3 is 2.86 bits per heavy atom. The highest BCUT2D eigenvalue weighted by Gasteiger charge is 2.28. The normalized spacial score (nSPS) is 18.0. The highest BCUT2D eigenvalue weighted by molar-refractivity contribution is 5.96. The third-order valence-corrected chi connectivity index (χ3v) is 3.82. The van der Waals surface area contributed by atoms with Gasteiger partial charge in [-0.1, -0.05) is 6.92 Å². The topological polar surface area (TPSA) is 108 Å². The van der Waals surface area contributed by atoms with E-state index in [1.54, 1.807) is 4.90 Å². The SMILES string of the molecule is CCCC(=O)N1CCCC(C(=O)Nc2c[nH]c(C(N)=O)c2)C1. The molecule has 0 aromatic carbocycles. The number of carbonyl (C=O) groups is 3. The highest BCUT2D eigenvalue weighted by Crippen LogP contribution is 2.20. The van der Waals surface area contributed by atoms with Crippen molar-refractivity contribution in [2.24, 2.45) is 11.7 Å². The van der Waals surface area contributed by atoms with Crippen LogP contribution in [0.15, 0.2) is 12.3 Å². The molecule has 7 nitrogen and oxygen atoms in total. The standard InChI is InChI=1S/C15H22N4O3/c1-2-4-13(20)19-6-3-5-10(9-19)15(22)18-11-7-12(14(16)21)17-8-11/h7-8,10,17H,2-6,9H2,1H3,(H2,16,21)(H,18,22). The maximum Gasteiger partial charge on any atom is 0.265 e. The first-order chi connectivity index (χ1) is 10.5. The smallest absolute Gasteiger partial charge is 0.265 e. The van der Waals surface area contributed by atoms with E-state index < -0.39 is 5.91 Å². The molecule has 0 bridgehead atoms. The van der Waals surface area contributed by atoms with E-state index in [1.807, 2.05) is 6.92 Å². The van der Waals surface area contributed by atoms with Gasteiger partial charge in [0.15, 0.2) is 0 Å². The molecule has 1 aliphatic rings. The summed E-state index contributed by atoms with van der Waals surface area (Å²) in [5.41, 5.74) is 5.91. The number of nitrogens with one attached hydrogen (secondary N) is 2. The van der Waals surface area contributed by atoms with Crippen molar-refractivity contribution in [3.8, 4) is 0 Å². The highest BCUT2D eigenvalue weighted by atomic mass is 16.2. The second kappa shape index (κ2) is 7.11. The second-order valence-corrected chi connectivity index (χ2v) is 5.58. The van der Waals surface area contributed by atoms with Crippen LogP contribution in [0.5, 0.6) is 0 Å². The Morgan fingerprint density at radius 1 is 1.45 bits per heavy atom. The van der Waals surface area contributed by atoms with Gasteiger partial charge in [-0.05, 0) is 25.3 Å². The summed E-state index contributed by atoms with van der Waals surface area (Å²) < 4.78 is 0. The van der Waals surface area contributed by atoms with E-state index in [1.165, 1.54) is 12.3 Å². The molecule has 7 heteroatoms. The van der Waals surface area contributed by atoms with Crippen LogP contribution >= 0.6 is 0 Å². The summed E-state index contributed by atoms with van der Waals surface area (Å²) in [7, 11) is 0. The lowest BCUT2D eigenvalue weighted by atomic mass is 9.96. The zero-order valence-corrected chi connectivity index (χ0v) is 12.7. The zero-order valence-electron chi connectivity index (χ0n) is 12.7. The van der Waals surface area contributed by atoms with Crippen LogP contribution in [0.4, 0.5) is 5.69 Å². The molecule has 1 unspecified atom stereocenters. The molecule has 1 aromatic heterocycles. The number of nitrogens with two attached hydrogens (primary N) is 1. The minimum Gasteiger partial charge on any atom is -0.364 e. The summed E-state index contributed by atoms with van der Waals surface area (Å²) in [6.07, 6.45) is 4.45. The molecule has 1 aliphatic heterocycles. The van der Waals surface area contributed by atoms with Crippen molar-refractivity contribution in [3.63, 3.8) is 0 Å². The van der Waals surface area contributed by atoms with Crippen LogP contribution in [0.25, 0.3) is 0 Å². The Labute approximate surface area is 129 Å². The number of anilines is 1. The van der Waals surface area contributed by atoms with Gasteiger partial charge < -0.3 is 20.9 Å². The lowest BCUT2D eigenvalue weighted by Gasteiger charge is -2.32. The van der Waals surface area contributed by atoms with Crippen LogP contribution in [0, 0.1) is 5.92 Å². The first-order valence-corrected chi connectivity index (χ1v) is 7.58. The molecule has 1 fully saturated rings. The molecule has 0 aliphatic carbocycles. The van der Waals surface area contributed by atoms with E-state index >= 15 is 0 Å². The van der Waals surface area contributed by atoms with Crippen molar-refractivity contribution in [2.45, 2.75) is 32.6 Å². The molecule has 0 spiro atoms. The number of hydrogen-bond acceptors (Lipinski definition) is 3. The van der Waals surface area contributed by atoms with Gasteiger partial charge in [0.25, 0.3) is 5.91 Å². The fourth-order valence-corrected chi connectivity index (χ4v) is 2.64. The molecular formula is C15H22N4O3. The minimum atomic E-state index is -0.575. The van der Waals surface area contributed by atoms with Crippen LogP contribution in [0.2, 0.25) is 0 Å². The Bertz CT molecular complexity index is 567. The maximum atomic E-state index is 12.3. The first kappa shape index (κ1) is 16.1. The van der Waals surface area contributed by atoms with Crippen LogP contribution in [-0.2, 0) is 9.59 Å². The quantitative estimate of drug-likeness (QED) is 0.757. The maximum absolute atomic E-state index is 12.3. The molecule has 1 atom stereocenters. The number of primary amides is 1. The number of piperidine rings is 1. The van der Waals surface area contributed by atoms with Crippen LogP contribution in [0.3, 0.4) is 0 Å². The Balaban J connectivity index is 1.93. The number of aromatic nitrogens is 1. The fourth-order valence-electron chi connectivity index (χ4n) is 2.64. The van der Waals surface area contributed by atoms with Gasteiger partial charge in [0.05, 0.1) is 11.6 Å². The molecule has 2 heterocycles. The first-order valence-electron chi connectivity index (χ1n) is 7.58. The predicted octanol–water partition coefficient (Wildman–Crippen LogP) is 1.09. The molecule has 1 aromatic rings. The molecule has 120 valence electrons. The van der Waals surface area contributed by atoms with Gasteiger partial charge in [-0.3, -0.25) is 14.4 Å². The number of likely N-dealkylation sites (tertiary alicyclic amines) is 1. The van der Waals surface area contributed by atoms with Crippen molar-refractivity contribution >= 4 is 23.4 Å². The van der Waals surface area contributed by atoms with Crippen molar-refractivity contribution in [2.75, 3.05) is 18.4 Å². The molecule has 22 heavy (non-hydrogen) atoms. The molecule has 4 N–H and O–H groups in total. The van der Waals surface area contributed by atoms with Crippen molar-refractivity contribution < 1.29 is 14.4 Å². The molecule has 3 amide bonds. The Morgan fingerprint density at radius 2 is 2.23 bits per heavy atom. The van der Waals surface area contributed by atoms with Crippen LogP contribution in [0.1, 0.15) is 43.1 Å². The van der Waals surface area contributed by atoms with Crippen molar-refractivity contribution in [1.82, 2.24) is 9.88 Å². The Hall–Kier alpha value is -2.31. The summed E-state index contributed by atoms with van der Waals surface area (Å²) in [5.74, 6) is -0.822. The number of amides is 3. The van der Waals surface area contributed by atoms with E-state index in [2.05, 4.69) is 10.3 Å². The summed E-state index contributed by atoms with van der Waals surface area (Å²) in [4.78, 5) is 39.7. The van der Waals surface area contributed by atoms with Gasteiger partial charge in [0.1, 0.15) is 5.69 Å². The summed E-state index contributed by atoms with van der Waals surface area (Å²) in [5, 5.41) is 2.76. The van der Waals surface area contributed by atoms with Gasteiger partial charge >= 0.3 is 0 Å². The number of carbonyl (C=O) groups excluding carboxylic acids is 3. The molecule has 2 rings (SSSR count). The molecule has 1 saturated heterocycles. The summed E-state index contributed by atoms with van der Waals surface area (Å²) in [6.45, 7) is 3.14. The number of rotatable bonds is 5.